The lowest BCUT2D eigenvalue weighted by Gasteiger charge is -2.56. The van der Waals surface area contributed by atoms with Gasteiger partial charge in [0.1, 0.15) is 59.1 Å². The van der Waals surface area contributed by atoms with Gasteiger partial charge in [-0.05, 0) is 233 Å². The number of aromatic nitrogens is 2. The number of carbonyl (C=O) groups is 4. The minimum Gasteiger partial charge on any atom is -0.484 e. The van der Waals surface area contributed by atoms with Gasteiger partial charge in [-0.15, -0.1) is 0 Å². The van der Waals surface area contributed by atoms with Crippen molar-refractivity contribution in [2.75, 3.05) is 52.9 Å². The summed E-state index contributed by atoms with van der Waals surface area (Å²) in [6.45, 7) is 14.0. The highest BCUT2D eigenvalue weighted by Crippen LogP contribution is 2.63. The fraction of sp³-hybridized carbons (Fsp3) is 0.391. The third-order valence-corrected chi connectivity index (χ3v) is 26.7. The lowest BCUT2D eigenvalue weighted by molar-refractivity contribution is -0.158. The van der Waals surface area contributed by atoms with Gasteiger partial charge in [-0.3, -0.25) is 19.2 Å². The molecule has 10 aromatic rings. The smallest absolute Gasteiger partial charge is 0.484 e. The van der Waals surface area contributed by atoms with Crippen LogP contribution < -0.4 is 19.7 Å². The average molecular weight is 1930 g/mol. The number of ketones is 2. The Kier molecular flexibility index (Phi) is 28.7. The Morgan fingerprint density at radius 3 is 1.13 bits per heavy atom. The molecule has 638 valence electrons. The predicted octanol–water partition coefficient (Wildman–Crippen LogP) is 21.4. The van der Waals surface area contributed by atoms with Gasteiger partial charge in [0.15, 0.2) is 11.6 Å². The molecule has 3 N–H and O–H groups in total. The largest absolute Gasteiger partial charge is 0.494 e. The second-order valence-electron chi connectivity index (χ2n) is 33.7. The zero-order valence-electron chi connectivity index (χ0n) is 66.8. The second kappa shape index (κ2) is 38.7. The summed E-state index contributed by atoms with van der Waals surface area (Å²) >= 11 is 33.6. The van der Waals surface area contributed by atoms with Crippen LogP contribution in [0.15, 0.2) is 184 Å². The van der Waals surface area contributed by atoms with Crippen molar-refractivity contribution in [3.05, 3.63) is 243 Å². The van der Waals surface area contributed by atoms with Crippen LogP contribution in [-0.2, 0) is 50.9 Å². The number of aliphatic carboxylic acids is 2. The Morgan fingerprint density at radius 1 is 0.446 bits per heavy atom. The molecular formula is C92H91BBr3Cl4F3N2O16. The maximum absolute atomic E-state index is 14.8. The molecule has 0 unspecified atom stereocenters. The number of Topliss-reactive ketones (excluding diaryl/α,β-unsaturated/α-hetero) is 2. The van der Waals surface area contributed by atoms with E-state index in [0.717, 1.165) is 104 Å². The lowest BCUT2D eigenvalue weighted by Crippen LogP contribution is -2.50. The monoisotopic (exact) mass is 1920 g/mol. The molecule has 29 heteroatoms. The lowest BCUT2D eigenvalue weighted by atomic mass is 9.47. The van der Waals surface area contributed by atoms with E-state index in [1.54, 1.807) is 30.3 Å². The van der Waals surface area contributed by atoms with Crippen LogP contribution in [0.5, 0.6) is 17.2 Å². The van der Waals surface area contributed by atoms with Gasteiger partial charge in [-0.1, -0.05) is 149 Å². The molecule has 0 bridgehead atoms. The first kappa shape index (κ1) is 90.0. The Bertz CT molecular complexity index is 5330. The quantitative estimate of drug-likeness (QED) is 0.0367. The number of rotatable bonds is 20. The zero-order valence-corrected chi connectivity index (χ0v) is 74.6. The number of ether oxygens (including phenoxy) is 7. The minimum absolute atomic E-state index is 0.0124. The molecule has 2 spiro atoms. The number of nitrogens with zero attached hydrogens (tertiary/aromatic N) is 2. The summed E-state index contributed by atoms with van der Waals surface area (Å²) in [4.78, 5) is 49.2. The van der Waals surface area contributed by atoms with Gasteiger partial charge in [0.05, 0.1) is 107 Å². The third-order valence-electron chi connectivity index (χ3n) is 24.0. The van der Waals surface area contributed by atoms with Gasteiger partial charge in [-0.2, -0.15) is 0 Å². The van der Waals surface area contributed by atoms with E-state index < -0.39 is 30.3 Å². The number of hydrogen-bond acceptors (Lipinski definition) is 14. The third kappa shape index (κ3) is 21.8. The van der Waals surface area contributed by atoms with Gasteiger partial charge >= 0.3 is 19.1 Å². The molecule has 18 nitrogen and oxygen atoms in total. The first-order valence-electron chi connectivity index (χ1n) is 40.1. The summed E-state index contributed by atoms with van der Waals surface area (Å²) in [7, 11) is -0.435. The van der Waals surface area contributed by atoms with Crippen molar-refractivity contribution in [1.82, 2.24) is 9.13 Å². The van der Waals surface area contributed by atoms with Crippen LogP contribution >= 0.6 is 94.2 Å². The fourth-order valence-corrected chi connectivity index (χ4v) is 18.9. The number of carbonyl (C=O) groups excluding carboxylic acids is 2. The van der Waals surface area contributed by atoms with Crippen LogP contribution in [-0.4, -0.2) is 144 Å². The summed E-state index contributed by atoms with van der Waals surface area (Å²) in [5, 5.41) is 29.5. The number of carboxylic acids is 2. The van der Waals surface area contributed by atoms with Gasteiger partial charge < -0.3 is 66.9 Å². The molecule has 4 aliphatic carbocycles. The molecule has 0 atom stereocenters. The van der Waals surface area contributed by atoms with Crippen molar-refractivity contribution < 1.29 is 90.1 Å². The molecular weight excluding hydrogens is 1840 g/mol. The molecule has 0 radical (unpaired) electrons. The first-order chi connectivity index (χ1) is 57.7. The fourth-order valence-electron chi connectivity index (χ4n) is 16.6. The maximum Gasteiger partial charge on any atom is 0.494 e. The van der Waals surface area contributed by atoms with Crippen LogP contribution in [0.1, 0.15) is 124 Å². The summed E-state index contributed by atoms with van der Waals surface area (Å²) in [6.07, 6.45) is 11.2. The molecule has 8 aromatic carbocycles. The number of aliphatic hydroxyl groups is 1. The molecule has 7 heterocycles. The SMILES string of the molecule is CC1(C)OB(c2ccc(Cn3ccc4c(F)ccc(C(=O)CC5CC6(C5)CC(C(=O)O)C6)c43)cc2)OC1(C)C.Clc1cc(Br)ccc1OC1COC1.Clc1cc(Br)ccc1OC1COC1.Fc1ccc(Br)cc1Cl.O=C(CC1CC2(C1)CC(C(=O)O)C2)c1ccc(F)c2ccn(Cc3ccc(-c4ccc(OC5COC5)c(Cl)c4)cc3)c12.OC1COC1. The highest BCUT2D eigenvalue weighted by atomic mass is 79.9. The normalized spacial score (nSPS) is 22.2. The van der Waals surface area contributed by atoms with Crippen LogP contribution in [0.4, 0.5) is 13.2 Å². The van der Waals surface area contributed by atoms with Crippen LogP contribution in [0.3, 0.4) is 0 Å². The van der Waals surface area contributed by atoms with Crippen molar-refractivity contribution >= 4 is 152 Å². The number of aliphatic hydroxyl groups excluding tert-OH is 1. The number of benzene rings is 8. The highest BCUT2D eigenvalue weighted by Gasteiger charge is 2.57. The van der Waals surface area contributed by atoms with E-state index in [4.69, 9.17) is 89.2 Å². The molecule has 19 rings (SSSR count). The topological polar surface area (TPSA) is 222 Å². The van der Waals surface area contributed by atoms with E-state index in [-0.39, 0.29) is 93.0 Å². The van der Waals surface area contributed by atoms with E-state index in [9.17, 15) is 42.6 Å². The van der Waals surface area contributed by atoms with Crippen molar-refractivity contribution in [2.45, 2.75) is 141 Å². The van der Waals surface area contributed by atoms with E-state index in [2.05, 4.69) is 52.5 Å². The van der Waals surface area contributed by atoms with Gasteiger partial charge in [0.2, 0.25) is 0 Å². The van der Waals surface area contributed by atoms with Crippen LogP contribution in [0, 0.1) is 52.0 Å². The molecule has 4 saturated carbocycles. The summed E-state index contributed by atoms with van der Waals surface area (Å²) in [5.41, 5.74) is 6.72. The van der Waals surface area contributed by atoms with Gasteiger partial charge in [0, 0.05) is 73.6 Å². The van der Waals surface area contributed by atoms with Crippen LogP contribution in [0.2, 0.25) is 20.1 Å². The van der Waals surface area contributed by atoms with E-state index in [0.29, 0.717) is 133 Å². The van der Waals surface area contributed by atoms with Gasteiger partial charge in [0.25, 0.3) is 0 Å². The highest BCUT2D eigenvalue weighted by molar-refractivity contribution is 9.11. The van der Waals surface area contributed by atoms with E-state index >= 15 is 0 Å². The van der Waals surface area contributed by atoms with Crippen molar-refractivity contribution in [1.29, 1.82) is 0 Å². The summed E-state index contributed by atoms with van der Waals surface area (Å²) in [5.74, 6) is -0.328. The molecule has 2 aromatic heterocycles. The number of carboxylic acid groups (broad SMARTS) is 2. The number of halogens is 10. The van der Waals surface area contributed by atoms with Crippen molar-refractivity contribution in [2.24, 2.45) is 34.5 Å². The van der Waals surface area contributed by atoms with Crippen molar-refractivity contribution in [3.63, 3.8) is 0 Å². The number of fused-ring (bicyclic) bond motifs is 2. The predicted molar refractivity (Wildman–Crippen MR) is 470 cm³/mol. The standard InChI is InChI=1S/C34H31ClFNO5.C31H35BFNO5.2C9H8BrClO2.C6H3BrClF.C3H6O2/c35-28-12-23(5-8-31(28)42-25-18-41-19-25)22-3-1-20(2-4-22)17-37-10-9-26-29(36)7-6-27(32(26)37)30(38)11-21-13-34(14-21)15-24(16-34)33(39)40;1-29(2)30(3,4)39-32(38-29)22-7-5-19(6-8-22)18-34-12-11-23-25(33)10-9-24(27(23)34)26(35)13-20-14-31(15-20)16-21(17-31)28(36)37;2*10-6-1-2-9(8(11)3-6)13-7-4-12-5-7;7-4-1-2-6(9)5(8)3-4;4-3-1-5-2-3/h1-10,12,21,24-25H,11,13-19H2,(H,39,40);5-12,20-21H,13-18H2,1-4H3,(H,36,37);2*1-3,7H,4-5H2;1-3H;3-4H,1-2H2. The molecule has 5 saturated heterocycles. The zero-order chi connectivity index (χ0) is 85.8. The second-order valence-corrected chi connectivity index (χ2v) is 38.1. The Labute approximate surface area is 745 Å². The maximum atomic E-state index is 14.8. The Hall–Kier alpha value is -7.31. The molecule has 9 fully saturated rings. The summed E-state index contributed by atoms with van der Waals surface area (Å²) < 4.78 is 97.5. The Balaban J connectivity index is 0.000000136. The average Bonchev–Trinajstić information content (AvgIpc) is 1.73. The molecule has 0 amide bonds. The van der Waals surface area contributed by atoms with Crippen LogP contribution in [0.25, 0.3) is 32.9 Å². The Morgan fingerprint density at radius 2 is 0.793 bits per heavy atom. The minimum atomic E-state index is -0.715. The molecule has 9 aliphatic rings. The molecule has 121 heavy (non-hydrogen) atoms. The van der Waals surface area contributed by atoms with E-state index in [1.165, 1.54) is 24.3 Å². The first-order valence-corrected chi connectivity index (χ1v) is 44.0. The summed E-state index contributed by atoms with van der Waals surface area (Å²) in [6, 6.07) is 46.9. The van der Waals surface area contributed by atoms with Gasteiger partial charge in [-0.25, -0.2) is 13.2 Å². The van der Waals surface area contributed by atoms with E-state index in [1.807, 2.05) is 152 Å². The van der Waals surface area contributed by atoms with Crippen molar-refractivity contribution in [3.8, 4) is 28.4 Å². The number of hydrogen-bond donors (Lipinski definition) is 3. The molecule has 5 aliphatic heterocycles.